The molecule has 76 valence electrons. The van der Waals surface area contributed by atoms with Gasteiger partial charge in [0.1, 0.15) is 5.15 Å². The Bertz CT molecular complexity index is 339. The summed E-state index contributed by atoms with van der Waals surface area (Å²) < 4.78 is 0. The predicted molar refractivity (Wildman–Crippen MR) is 54.5 cm³/mol. The zero-order valence-electron chi connectivity index (χ0n) is 8.07. The Morgan fingerprint density at radius 1 is 1.57 bits per heavy atom. The molecule has 3 nitrogen and oxygen atoms in total. The molecule has 1 N–H and O–H groups in total. The molecule has 0 saturated heterocycles. The second-order valence-corrected chi connectivity index (χ2v) is 3.80. The number of hydrogen-bond donors (Lipinski definition) is 1. The van der Waals surface area contributed by atoms with Crippen molar-refractivity contribution >= 4 is 17.6 Å². The van der Waals surface area contributed by atoms with Crippen LogP contribution >= 0.6 is 11.6 Å². The maximum absolute atomic E-state index is 11.0. The Hall–Kier alpha value is -1.09. The van der Waals surface area contributed by atoms with Crippen LogP contribution in [-0.2, 0) is 4.79 Å². The molecule has 0 aromatic carbocycles. The summed E-state index contributed by atoms with van der Waals surface area (Å²) in [6, 6.07) is 3.40. The molecule has 14 heavy (non-hydrogen) atoms. The predicted octanol–water partition coefficient (Wildman–Crippen LogP) is 2.56. The Kier molecular flexibility index (Phi) is 3.47. The van der Waals surface area contributed by atoms with Gasteiger partial charge in [-0.2, -0.15) is 0 Å². The minimum absolute atomic E-state index is 0.00537. The largest absolute Gasteiger partial charge is 0.481 e. The van der Waals surface area contributed by atoms with Gasteiger partial charge in [-0.3, -0.25) is 4.79 Å². The molecule has 0 bridgehead atoms. The van der Waals surface area contributed by atoms with Crippen LogP contribution in [0.1, 0.15) is 25.3 Å². The minimum Gasteiger partial charge on any atom is -0.481 e. The van der Waals surface area contributed by atoms with Gasteiger partial charge in [0.25, 0.3) is 0 Å². The van der Waals surface area contributed by atoms with Crippen molar-refractivity contribution in [2.24, 2.45) is 5.92 Å². The van der Waals surface area contributed by atoms with Gasteiger partial charge in [0, 0.05) is 11.8 Å². The van der Waals surface area contributed by atoms with E-state index >= 15 is 0 Å². The van der Waals surface area contributed by atoms with E-state index in [0.29, 0.717) is 5.56 Å². The fraction of sp³-hybridized carbons (Fsp3) is 0.400. The number of pyridine rings is 1. The Labute approximate surface area is 87.7 Å². The number of carboxylic acid groups (broad SMARTS) is 1. The Balaban J connectivity index is 3.12. The van der Waals surface area contributed by atoms with E-state index in [2.05, 4.69) is 4.98 Å². The molecule has 1 atom stereocenters. The molecule has 0 aliphatic heterocycles. The van der Waals surface area contributed by atoms with Crippen molar-refractivity contribution in [1.29, 1.82) is 0 Å². The highest BCUT2D eigenvalue weighted by molar-refractivity contribution is 6.30. The Morgan fingerprint density at radius 2 is 2.21 bits per heavy atom. The average molecular weight is 214 g/mol. The van der Waals surface area contributed by atoms with E-state index in [1.165, 1.54) is 0 Å². The van der Waals surface area contributed by atoms with Crippen LogP contribution < -0.4 is 0 Å². The second-order valence-electron chi connectivity index (χ2n) is 3.44. The van der Waals surface area contributed by atoms with Crippen LogP contribution in [0.5, 0.6) is 0 Å². The maximum atomic E-state index is 11.0. The summed E-state index contributed by atoms with van der Waals surface area (Å²) in [6.07, 6.45) is 1.55. The van der Waals surface area contributed by atoms with Crippen LogP contribution in [0.3, 0.4) is 0 Å². The number of aromatic nitrogens is 1. The molecule has 1 aromatic rings. The summed E-state index contributed by atoms with van der Waals surface area (Å²) in [4.78, 5) is 14.9. The summed E-state index contributed by atoms with van der Waals surface area (Å²) >= 11 is 5.83. The van der Waals surface area contributed by atoms with Gasteiger partial charge in [0.2, 0.25) is 0 Å². The van der Waals surface area contributed by atoms with Gasteiger partial charge < -0.3 is 5.11 Å². The van der Waals surface area contributed by atoms with E-state index in [9.17, 15) is 4.79 Å². The molecule has 4 heteroatoms. The lowest BCUT2D eigenvalue weighted by Gasteiger charge is -2.16. The van der Waals surface area contributed by atoms with E-state index in [1.807, 2.05) is 13.8 Å². The van der Waals surface area contributed by atoms with Gasteiger partial charge >= 0.3 is 5.97 Å². The quantitative estimate of drug-likeness (QED) is 0.786. The zero-order valence-corrected chi connectivity index (χ0v) is 8.82. The summed E-state index contributed by atoms with van der Waals surface area (Å²) in [5.74, 6) is -1.46. The monoisotopic (exact) mass is 213 g/mol. The van der Waals surface area contributed by atoms with Gasteiger partial charge in [0.05, 0.1) is 5.92 Å². The zero-order chi connectivity index (χ0) is 10.7. The van der Waals surface area contributed by atoms with E-state index < -0.39 is 11.9 Å². The van der Waals surface area contributed by atoms with Gasteiger partial charge in [-0.1, -0.05) is 31.5 Å². The third-order valence-corrected chi connectivity index (χ3v) is 2.37. The first kappa shape index (κ1) is 11.0. The first-order valence-corrected chi connectivity index (χ1v) is 4.75. The van der Waals surface area contributed by atoms with Crippen LogP contribution in [0.4, 0.5) is 0 Å². The fourth-order valence-electron chi connectivity index (χ4n) is 1.41. The molecule has 1 heterocycles. The van der Waals surface area contributed by atoms with E-state index in [-0.39, 0.29) is 11.1 Å². The summed E-state index contributed by atoms with van der Waals surface area (Å²) in [5.41, 5.74) is 0.580. The standard InChI is InChI=1S/C10H12ClNO2/c1-6(2)8(10(13)14)7-4-3-5-12-9(7)11/h3-6,8H,1-2H3,(H,13,14). The molecule has 1 unspecified atom stereocenters. The molecule has 1 aromatic heterocycles. The van der Waals surface area contributed by atoms with Crippen molar-refractivity contribution in [3.8, 4) is 0 Å². The minimum atomic E-state index is -0.866. The highest BCUT2D eigenvalue weighted by Gasteiger charge is 2.25. The lowest BCUT2D eigenvalue weighted by Crippen LogP contribution is -2.18. The van der Waals surface area contributed by atoms with Crippen LogP contribution in [-0.4, -0.2) is 16.1 Å². The van der Waals surface area contributed by atoms with Crippen molar-refractivity contribution in [1.82, 2.24) is 4.98 Å². The topological polar surface area (TPSA) is 50.2 Å². The van der Waals surface area contributed by atoms with Crippen molar-refractivity contribution in [2.45, 2.75) is 19.8 Å². The van der Waals surface area contributed by atoms with E-state index in [1.54, 1.807) is 18.3 Å². The van der Waals surface area contributed by atoms with Gasteiger partial charge in [-0.25, -0.2) is 4.98 Å². The van der Waals surface area contributed by atoms with Gasteiger partial charge in [0.15, 0.2) is 0 Å². The van der Waals surface area contributed by atoms with Gasteiger partial charge in [-0.05, 0) is 12.0 Å². The molecule has 0 radical (unpaired) electrons. The molecule has 1 rings (SSSR count). The van der Waals surface area contributed by atoms with Gasteiger partial charge in [-0.15, -0.1) is 0 Å². The molecule has 0 spiro atoms. The highest BCUT2D eigenvalue weighted by Crippen LogP contribution is 2.28. The third kappa shape index (κ3) is 2.23. The average Bonchev–Trinajstić information content (AvgIpc) is 2.07. The lowest BCUT2D eigenvalue weighted by atomic mass is 9.90. The molecule has 0 aliphatic carbocycles. The molecule has 0 fully saturated rings. The second kappa shape index (κ2) is 4.42. The first-order valence-electron chi connectivity index (χ1n) is 4.37. The number of carbonyl (C=O) groups is 1. The number of hydrogen-bond acceptors (Lipinski definition) is 2. The SMILES string of the molecule is CC(C)C(C(=O)O)c1cccnc1Cl. The number of halogens is 1. The van der Waals surface area contributed by atoms with Crippen LogP contribution in [0.15, 0.2) is 18.3 Å². The normalized spacial score (nSPS) is 12.9. The Morgan fingerprint density at radius 3 is 2.64 bits per heavy atom. The summed E-state index contributed by atoms with van der Waals surface area (Å²) in [7, 11) is 0. The molecule has 0 amide bonds. The van der Waals surface area contributed by atoms with Crippen LogP contribution in [0.25, 0.3) is 0 Å². The molecule has 0 aliphatic rings. The van der Waals surface area contributed by atoms with Crippen molar-refractivity contribution in [2.75, 3.05) is 0 Å². The summed E-state index contributed by atoms with van der Waals surface area (Å²) in [5, 5.41) is 9.31. The van der Waals surface area contributed by atoms with E-state index in [0.717, 1.165) is 0 Å². The third-order valence-electron chi connectivity index (χ3n) is 2.06. The molecule has 0 saturated carbocycles. The number of aliphatic carboxylic acids is 1. The number of rotatable bonds is 3. The maximum Gasteiger partial charge on any atom is 0.311 e. The number of carboxylic acids is 1. The molecular weight excluding hydrogens is 202 g/mol. The number of nitrogens with zero attached hydrogens (tertiary/aromatic N) is 1. The highest BCUT2D eigenvalue weighted by atomic mass is 35.5. The van der Waals surface area contributed by atoms with Crippen LogP contribution in [0.2, 0.25) is 5.15 Å². The fourth-order valence-corrected chi connectivity index (χ4v) is 1.64. The van der Waals surface area contributed by atoms with Crippen LogP contribution in [0, 0.1) is 5.92 Å². The first-order chi connectivity index (χ1) is 6.54. The molecular formula is C10H12ClNO2. The smallest absolute Gasteiger partial charge is 0.311 e. The van der Waals surface area contributed by atoms with Crippen molar-refractivity contribution in [3.05, 3.63) is 29.0 Å². The lowest BCUT2D eigenvalue weighted by molar-refractivity contribution is -0.139. The summed E-state index contributed by atoms with van der Waals surface area (Å²) in [6.45, 7) is 3.70. The van der Waals surface area contributed by atoms with Crippen molar-refractivity contribution < 1.29 is 9.90 Å². The van der Waals surface area contributed by atoms with E-state index in [4.69, 9.17) is 16.7 Å². The van der Waals surface area contributed by atoms with Crippen molar-refractivity contribution in [3.63, 3.8) is 0 Å².